The molecule has 1 N–H and O–H groups in total. The average molecular weight is 290 g/mol. The van der Waals surface area contributed by atoms with Crippen molar-refractivity contribution >= 4 is 11.5 Å². The van der Waals surface area contributed by atoms with Crippen LogP contribution in [0.3, 0.4) is 0 Å². The molecule has 2 rings (SSSR count). The van der Waals surface area contributed by atoms with E-state index in [-0.39, 0.29) is 11.7 Å². The highest BCUT2D eigenvalue weighted by Crippen LogP contribution is 2.22. The first-order valence-corrected chi connectivity index (χ1v) is 7.26. The van der Waals surface area contributed by atoms with Crippen LogP contribution >= 0.6 is 0 Å². The van der Waals surface area contributed by atoms with Gasteiger partial charge in [0, 0.05) is 32.0 Å². The van der Waals surface area contributed by atoms with Gasteiger partial charge in [-0.25, -0.2) is 0 Å². The summed E-state index contributed by atoms with van der Waals surface area (Å²) >= 11 is 0. The van der Waals surface area contributed by atoms with Crippen molar-refractivity contribution in [2.24, 2.45) is 5.16 Å². The molecule has 1 saturated heterocycles. The lowest BCUT2D eigenvalue weighted by atomic mass is 9.89. The van der Waals surface area contributed by atoms with E-state index in [0.29, 0.717) is 31.9 Å². The van der Waals surface area contributed by atoms with E-state index < -0.39 is 0 Å². The molecular weight excluding hydrogens is 268 g/mol. The third-order valence-corrected chi connectivity index (χ3v) is 3.71. The SMILES string of the molecule is CC(=O)CC(/C(CN1CCOCC1)=N/O)c1ccccc1. The van der Waals surface area contributed by atoms with E-state index >= 15 is 0 Å². The first-order valence-electron chi connectivity index (χ1n) is 7.26. The minimum Gasteiger partial charge on any atom is -0.411 e. The van der Waals surface area contributed by atoms with Crippen molar-refractivity contribution in [3.63, 3.8) is 0 Å². The molecule has 1 unspecified atom stereocenters. The summed E-state index contributed by atoms with van der Waals surface area (Å²) in [6, 6.07) is 9.75. The minimum atomic E-state index is -0.170. The van der Waals surface area contributed by atoms with Gasteiger partial charge in [0.2, 0.25) is 0 Å². The lowest BCUT2D eigenvalue weighted by Crippen LogP contribution is -2.41. The second-order valence-electron chi connectivity index (χ2n) is 5.35. The Hall–Kier alpha value is -1.72. The number of hydrogen-bond donors (Lipinski definition) is 1. The predicted molar refractivity (Wildman–Crippen MR) is 81.0 cm³/mol. The topological polar surface area (TPSA) is 62.1 Å². The van der Waals surface area contributed by atoms with Crippen LogP contribution in [0.5, 0.6) is 0 Å². The summed E-state index contributed by atoms with van der Waals surface area (Å²) in [5.74, 6) is -0.0801. The number of carbonyl (C=O) groups is 1. The number of morpholine rings is 1. The Morgan fingerprint density at radius 1 is 1.33 bits per heavy atom. The molecule has 1 heterocycles. The van der Waals surface area contributed by atoms with E-state index in [1.54, 1.807) is 6.92 Å². The first kappa shape index (κ1) is 15.7. The van der Waals surface area contributed by atoms with Crippen molar-refractivity contribution < 1.29 is 14.7 Å². The second kappa shape index (κ2) is 7.90. The summed E-state index contributed by atoms with van der Waals surface area (Å²) in [7, 11) is 0. The second-order valence-corrected chi connectivity index (χ2v) is 5.35. The van der Waals surface area contributed by atoms with Gasteiger partial charge in [0.1, 0.15) is 5.78 Å². The van der Waals surface area contributed by atoms with E-state index in [1.807, 2.05) is 30.3 Å². The van der Waals surface area contributed by atoms with Crippen LogP contribution in [0, 0.1) is 0 Å². The van der Waals surface area contributed by atoms with Crippen LogP contribution in [0.15, 0.2) is 35.5 Å². The molecule has 0 bridgehead atoms. The van der Waals surface area contributed by atoms with Crippen molar-refractivity contribution in [1.82, 2.24) is 4.90 Å². The fourth-order valence-electron chi connectivity index (χ4n) is 2.60. The number of hydrogen-bond acceptors (Lipinski definition) is 5. The van der Waals surface area contributed by atoms with Crippen LogP contribution in [0.1, 0.15) is 24.8 Å². The molecule has 0 aromatic heterocycles. The Kier molecular flexibility index (Phi) is 5.90. The Morgan fingerprint density at radius 3 is 2.57 bits per heavy atom. The van der Waals surface area contributed by atoms with Gasteiger partial charge in [-0.1, -0.05) is 35.5 Å². The number of benzene rings is 1. The van der Waals surface area contributed by atoms with Gasteiger partial charge in [-0.05, 0) is 12.5 Å². The Morgan fingerprint density at radius 2 is 2.00 bits per heavy atom. The van der Waals surface area contributed by atoms with Gasteiger partial charge in [-0.3, -0.25) is 9.69 Å². The molecule has 1 aliphatic rings. The maximum Gasteiger partial charge on any atom is 0.130 e. The standard InChI is InChI=1S/C16H22N2O3/c1-13(19)11-15(14-5-3-2-4-6-14)16(17-20)12-18-7-9-21-10-8-18/h2-6,15,20H,7-12H2,1H3/b17-16+. The van der Waals surface area contributed by atoms with Crippen molar-refractivity contribution in [2.75, 3.05) is 32.8 Å². The molecular formula is C16H22N2O3. The Balaban J connectivity index is 2.15. The van der Waals surface area contributed by atoms with Crippen LogP contribution in [0.2, 0.25) is 0 Å². The summed E-state index contributed by atoms with van der Waals surface area (Å²) in [4.78, 5) is 13.8. The first-order chi connectivity index (χ1) is 10.2. The Bertz CT molecular complexity index is 482. The van der Waals surface area contributed by atoms with Crippen LogP contribution in [0.25, 0.3) is 0 Å². The lowest BCUT2D eigenvalue weighted by molar-refractivity contribution is -0.117. The molecule has 1 aromatic carbocycles. The zero-order valence-electron chi connectivity index (χ0n) is 12.4. The lowest BCUT2D eigenvalue weighted by Gasteiger charge is -2.28. The molecule has 0 spiro atoms. The average Bonchev–Trinajstić information content (AvgIpc) is 2.52. The minimum absolute atomic E-state index is 0.0898. The molecule has 5 nitrogen and oxygen atoms in total. The molecule has 1 aromatic rings. The van der Waals surface area contributed by atoms with Crippen molar-refractivity contribution in [2.45, 2.75) is 19.3 Å². The van der Waals surface area contributed by atoms with Crippen molar-refractivity contribution in [3.05, 3.63) is 35.9 Å². The van der Waals surface area contributed by atoms with E-state index in [4.69, 9.17) is 4.74 Å². The molecule has 0 saturated carbocycles. The molecule has 5 heteroatoms. The smallest absolute Gasteiger partial charge is 0.130 e. The van der Waals surface area contributed by atoms with E-state index in [9.17, 15) is 10.0 Å². The van der Waals surface area contributed by atoms with Gasteiger partial charge in [-0.15, -0.1) is 0 Å². The molecule has 21 heavy (non-hydrogen) atoms. The molecule has 1 aliphatic heterocycles. The van der Waals surface area contributed by atoms with Crippen molar-refractivity contribution in [3.8, 4) is 0 Å². The van der Waals surface area contributed by atoms with Gasteiger partial charge in [-0.2, -0.15) is 0 Å². The quantitative estimate of drug-likeness (QED) is 0.494. The molecule has 1 atom stereocenters. The summed E-state index contributed by atoms with van der Waals surface area (Å²) in [5, 5.41) is 12.9. The fraction of sp³-hybridized carbons (Fsp3) is 0.500. The van der Waals surface area contributed by atoms with Gasteiger partial charge in [0.05, 0.1) is 18.9 Å². The number of rotatable bonds is 6. The monoisotopic (exact) mass is 290 g/mol. The maximum absolute atomic E-state index is 11.6. The van der Waals surface area contributed by atoms with Gasteiger partial charge >= 0.3 is 0 Å². The third-order valence-electron chi connectivity index (χ3n) is 3.71. The summed E-state index contributed by atoms with van der Waals surface area (Å²) < 4.78 is 5.33. The normalized spacial score (nSPS) is 18.4. The number of carbonyl (C=O) groups excluding carboxylic acids is 1. The molecule has 1 fully saturated rings. The van der Waals surface area contributed by atoms with Crippen LogP contribution < -0.4 is 0 Å². The summed E-state index contributed by atoms with van der Waals surface area (Å²) in [6.07, 6.45) is 0.355. The number of oxime groups is 1. The molecule has 0 radical (unpaired) electrons. The van der Waals surface area contributed by atoms with Crippen LogP contribution in [-0.4, -0.2) is 54.5 Å². The van der Waals surface area contributed by atoms with Gasteiger partial charge in [0.25, 0.3) is 0 Å². The maximum atomic E-state index is 11.6. The molecule has 114 valence electrons. The van der Waals surface area contributed by atoms with E-state index in [1.165, 1.54) is 0 Å². The highest BCUT2D eigenvalue weighted by molar-refractivity contribution is 5.95. The fourth-order valence-corrected chi connectivity index (χ4v) is 2.60. The zero-order chi connectivity index (χ0) is 15.1. The van der Waals surface area contributed by atoms with E-state index in [2.05, 4.69) is 10.1 Å². The Labute approximate surface area is 125 Å². The molecule has 0 amide bonds. The number of ketones is 1. The predicted octanol–water partition coefficient (Wildman–Crippen LogP) is 1.91. The zero-order valence-corrected chi connectivity index (χ0v) is 12.4. The molecule has 0 aliphatic carbocycles. The third kappa shape index (κ3) is 4.65. The summed E-state index contributed by atoms with van der Waals surface area (Å²) in [6.45, 7) is 5.16. The van der Waals surface area contributed by atoms with Crippen LogP contribution in [0.4, 0.5) is 0 Å². The van der Waals surface area contributed by atoms with E-state index in [0.717, 1.165) is 18.7 Å². The van der Waals surface area contributed by atoms with Gasteiger partial charge < -0.3 is 9.94 Å². The number of nitrogens with zero attached hydrogens (tertiary/aromatic N) is 2. The highest BCUT2D eigenvalue weighted by atomic mass is 16.5. The highest BCUT2D eigenvalue weighted by Gasteiger charge is 2.23. The van der Waals surface area contributed by atoms with Crippen molar-refractivity contribution in [1.29, 1.82) is 0 Å². The number of Topliss-reactive ketones (excluding diaryl/α,β-unsaturated/α-hetero) is 1. The largest absolute Gasteiger partial charge is 0.411 e. The summed E-state index contributed by atoms with van der Waals surface area (Å²) in [5.41, 5.74) is 1.65. The number of ether oxygens (including phenoxy) is 1. The van der Waals surface area contributed by atoms with Gasteiger partial charge in [0.15, 0.2) is 0 Å². The van der Waals surface area contributed by atoms with Crippen LogP contribution in [-0.2, 0) is 9.53 Å².